The third-order valence-corrected chi connectivity index (χ3v) is 4.41. The van der Waals surface area contributed by atoms with Crippen molar-refractivity contribution >= 4 is 27.4 Å². The second kappa shape index (κ2) is 5.20. The highest BCUT2D eigenvalue weighted by atomic mass is 32.1. The van der Waals surface area contributed by atoms with E-state index in [-0.39, 0.29) is 6.61 Å². The van der Waals surface area contributed by atoms with Gasteiger partial charge in [0.05, 0.1) is 5.39 Å². The van der Waals surface area contributed by atoms with E-state index < -0.39 is 0 Å². The molecule has 0 aromatic carbocycles. The maximum absolute atomic E-state index is 8.98. The minimum Gasteiger partial charge on any atom is -0.396 e. The Labute approximate surface area is 110 Å². The van der Waals surface area contributed by atoms with E-state index in [1.165, 1.54) is 18.2 Å². The van der Waals surface area contributed by atoms with Crippen molar-refractivity contribution in [3.05, 3.63) is 17.8 Å². The molecule has 1 aliphatic rings. The van der Waals surface area contributed by atoms with E-state index in [1.807, 2.05) is 0 Å². The number of rotatable bonds is 4. The molecule has 18 heavy (non-hydrogen) atoms. The third kappa shape index (κ3) is 2.08. The van der Waals surface area contributed by atoms with E-state index in [0.29, 0.717) is 6.04 Å². The molecule has 1 unspecified atom stereocenters. The molecule has 1 N–H and O–H groups in total. The average molecular weight is 263 g/mol. The fraction of sp³-hybridized carbons (Fsp3) is 0.538. The van der Waals surface area contributed by atoms with Crippen LogP contribution in [0.1, 0.15) is 25.7 Å². The van der Waals surface area contributed by atoms with Gasteiger partial charge in [-0.05, 0) is 37.1 Å². The predicted octanol–water partition coefficient (Wildman–Crippen LogP) is 2.43. The summed E-state index contributed by atoms with van der Waals surface area (Å²) in [5.41, 5.74) is 0. The number of aliphatic hydroxyl groups excluding tert-OH is 1. The van der Waals surface area contributed by atoms with Crippen LogP contribution >= 0.6 is 11.3 Å². The fourth-order valence-electron chi connectivity index (χ4n) is 2.75. The van der Waals surface area contributed by atoms with Gasteiger partial charge in [0.2, 0.25) is 0 Å². The van der Waals surface area contributed by atoms with Crippen molar-refractivity contribution in [3.8, 4) is 0 Å². The maximum Gasteiger partial charge on any atom is 0.141 e. The van der Waals surface area contributed by atoms with Gasteiger partial charge in [-0.15, -0.1) is 11.3 Å². The van der Waals surface area contributed by atoms with Crippen LogP contribution in [0.5, 0.6) is 0 Å². The Bertz CT molecular complexity index is 528. The highest BCUT2D eigenvalue weighted by molar-refractivity contribution is 7.16. The molecule has 0 aliphatic carbocycles. The number of fused-ring (bicyclic) bond motifs is 1. The van der Waals surface area contributed by atoms with E-state index in [0.717, 1.165) is 30.0 Å². The Morgan fingerprint density at radius 3 is 3.28 bits per heavy atom. The van der Waals surface area contributed by atoms with E-state index in [9.17, 15) is 0 Å². The summed E-state index contributed by atoms with van der Waals surface area (Å²) < 4.78 is 0. The molecule has 0 amide bonds. The van der Waals surface area contributed by atoms with E-state index >= 15 is 0 Å². The molecule has 1 aliphatic heterocycles. The van der Waals surface area contributed by atoms with Crippen LogP contribution in [-0.2, 0) is 0 Å². The first-order valence-electron chi connectivity index (χ1n) is 6.46. The molecule has 96 valence electrons. The Kier molecular flexibility index (Phi) is 3.43. The highest BCUT2D eigenvalue weighted by Gasteiger charge is 2.26. The van der Waals surface area contributed by atoms with Crippen LogP contribution in [0.4, 0.5) is 5.82 Å². The predicted molar refractivity (Wildman–Crippen MR) is 74.1 cm³/mol. The number of anilines is 1. The molecule has 2 aromatic heterocycles. The second-order valence-electron chi connectivity index (χ2n) is 4.69. The molecule has 0 saturated carbocycles. The molecule has 5 heteroatoms. The largest absolute Gasteiger partial charge is 0.396 e. The van der Waals surface area contributed by atoms with Gasteiger partial charge in [-0.2, -0.15) is 0 Å². The first kappa shape index (κ1) is 11.9. The van der Waals surface area contributed by atoms with Crippen LogP contribution in [0.25, 0.3) is 10.2 Å². The third-order valence-electron chi connectivity index (χ3n) is 3.59. The van der Waals surface area contributed by atoms with Crippen LogP contribution in [0, 0.1) is 0 Å². The lowest BCUT2D eigenvalue weighted by Crippen LogP contribution is -2.30. The molecule has 1 saturated heterocycles. The molecule has 1 fully saturated rings. The topological polar surface area (TPSA) is 49.2 Å². The van der Waals surface area contributed by atoms with Gasteiger partial charge in [0.25, 0.3) is 0 Å². The van der Waals surface area contributed by atoms with Gasteiger partial charge in [-0.3, -0.25) is 0 Å². The zero-order chi connectivity index (χ0) is 12.4. The molecule has 3 heterocycles. The summed E-state index contributed by atoms with van der Waals surface area (Å²) in [5, 5.41) is 12.2. The zero-order valence-electron chi connectivity index (χ0n) is 10.2. The molecule has 1 atom stereocenters. The monoisotopic (exact) mass is 263 g/mol. The van der Waals surface area contributed by atoms with E-state index in [2.05, 4.69) is 26.3 Å². The number of aliphatic hydroxyl groups is 1. The molecule has 0 bridgehead atoms. The fourth-order valence-corrected chi connectivity index (χ4v) is 3.47. The summed E-state index contributed by atoms with van der Waals surface area (Å²) in [6, 6.07) is 2.63. The number of nitrogens with zero attached hydrogens (tertiary/aromatic N) is 3. The lowest BCUT2D eigenvalue weighted by Gasteiger charge is -2.26. The van der Waals surface area contributed by atoms with Gasteiger partial charge in [-0.1, -0.05) is 0 Å². The van der Waals surface area contributed by atoms with Crippen molar-refractivity contribution in [2.45, 2.75) is 31.7 Å². The molecule has 0 radical (unpaired) electrons. The molecular formula is C13H17N3OS. The molecule has 4 nitrogen and oxygen atoms in total. The second-order valence-corrected chi connectivity index (χ2v) is 5.59. The van der Waals surface area contributed by atoms with Crippen molar-refractivity contribution < 1.29 is 5.11 Å². The molecular weight excluding hydrogens is 246 g/mol. The van der Waals surface area contributed by atoms with Gasteiger partial charge in [0, 0.05) is 19.2 Å². The van der Waals surface area contributed by atoms with E-state index in [4.69, 9.17) is 5.11 Å². The van der Waals surface area contributed by atoms with Crippen LogP contribution in [-0.4, -0.2) is 34.3 Å². The van der Waals surface area contributed by atoms with Crippen LogP contribution in [0.3, 0.4) is 0 Å². The van der Waals surface area contributed by atoms with Gasteiger partial charge in [0.15, 0.2) is 0 Å². The van der Waals surface area contributed by atoms with Crippen LogP contribution in [0.15, 0.2) is 17.8 Å². The van der Waals surface area contributed by atoms with E-state index in [1.54, 1.807) is 17.7 Å². The maximum atomic E-state index is 8.98. The Morgan fingerprint density at radius 2 is 2.39 bits per heavy atom. The standard InChI is InChI=1S/C13H17N3OS/c17-7-2-4-10-3-1-6-16(10)12-11-5-8-18-13(11)15-9-14-12/h5,8-10,17H,1-4,6-7H2. The van der Waals surface area contributed by atoms with Crippen LogP contribution < -0.4 is 4.90 Å². The Balaban J connectivity index is 1.90. The van der Waals surface area contributed by atoms with Gasteiger partial charge >= 0.3 is 0 Å². The number of aromatic nitrogens is 2. The summed E-state index contributed by atoms with van der Waals surface area (Å²) in [6.07, 6.45) is 6.00. The van der Waals surface area contributed by atoms with Crippen molar-refractivity contribution in [2.75, 3.05) is 18.1 Å². The molecule has 2 aromatic rings. The van der Waals surface area contributed by atoms with Crippen molar-refractivity contribution in [1.82, 2.24) is 9.97 Å². The molecule has 0 spiro atoms. The summed E-state index contributed by atoms with van der Waals surface area (Å²) >= 11 is 1.66. The SMILES string of the molecule is OCCCC1CCCN1c1ncnc2sccc12. The lowest BCUT2D eigenvalue weighted by molar-refractivity contribution is 0.279. The summed E-state index contributed by atoms with van der Waals surface area (Å²) in [6.45, 7) is 1.35. The number of hydrogen-bond donors (Lipinski definition) is 1. The Hall–Kier alpha value is -1.20. The summed E-state index contributed by atoms with van der Waals surface area (Å²) in [7, 11) is 0. The van der Waals surface area contributed by atoms with Crippen molar-refractivity contribution in [2.24, 2.45) is 0 Å². The average Bonchev–Trinajstić information content (AvgIpc) is 3.04. The van der Waals surface area contributed by atoms with Crippen molar-refractivity contribution in [3.63, 3.8) is 0 Å². The van der Waals surface area contributed by atoms with Crippen molar-refractivity contribution in [1.29, 1.82) is 0 Å². The zero-order valence-corrected chi connectivity index (χ0v) is 11.1. The molecule has 3 rings (SSSR count). The first-order chi connectivity index (χ1) is 8.90. The summed E-state index contributed by atoms with van der Waals surface area (Å²) in [5.74, 6) is 1.07. The minimum atomic E-state index is 0.280. The smallest absolute Gasteiger partial charge is 0.141 e. The number of thiophene rings is 1. The van der Waals surface area contributed by atoms with Gasteiger partial charge in [0.1, 0.15) is 17.0 Å². The lowest BCUT2D eigenvalue weighted by atomic mass is 10.1. The highest BCUT2D eigenvalue weighted by Crippen LogP contribution is 2.32. The normalized spacial score (nSPS) is 19.8. The quantitative estimate of drug-likeness (QED) is 0.920. The first-order valence-corrected chi connectivity index (χ1v) is 7.34. The Morgan fingerprint density at radius 1 is 1.44 bits per heavy atom. The summed E-state index contributed by atoms with van der Waals surface area (Å²) in [4.78, 5) is 12.2. The minimum absolute atomic E-state index is 0.280. The number of hydrogen-bond acceptors (Lipinski definition) is 5. The van der Waals surface area contributed by atoms with Gasteiger partial charge < -0.3 is 10.0 Å². The van der Waals surface area contributed by atoms with Gasteiger partial charge in [-0.25, -0.2) is 9.97 Å². The van der Waals surface area contributed by atoms with Crippen LogP contribution in [0.2, 0.25) is 0 Å².